The Morgan fingerprint density at radius 3 is 2.75 bits per heavy atom. The van der Waals surface area contributed by atoms with Crippen LogP contribution in [0.3, 0.4) is 0 Å². The number of benzene rings is 1. The largest absolute Gasteiger partial charge is 0.360 e. The van der Waals surface area contributed by atoms with Crippen LogP contribution in [0.4, 0.5) is 5.69 Å². The summed E-state index contributed by atoms with van der Waals surface area (Å²) in [5.41, 5.74) is 2.38. The number of nitrogens with zero attached hydrogens (tertiary/aromatic N) is 2. The number of halogens is 1. The van der Waals surface area contributed by atoms with Gasteiger partial charge in [-0.15, -0.1) is 0 Å². The van der Waals surface area contributed by atoms with Crippen molar-refractivity contribution in [1.82, 2.24) is 10.2 Å². The fourth-order valence-corrected chi connectivity index (χ4v) is 2.61. The molecule has 0 radical (unpaired) electrons. The Balaban J connectivity index is 2.20. The minimum atomic E-state index is 0.180. The molecule has 0 unspecified atom stereocenters. The zero-order chi connectivity index (χ0) is 14.7. The fourth-order valence-electron chi connectivity index (χ4n) is 2.26. The number of amides is 1. The van der Waals surface area contributed by atoms with Crippen molar-refractivity contribution < 1.29 is 4.79 Å². The number of carbonyl (C=O) groups is 1. The average Bonchev–Trinajstić information content (AvgIpc) is 2.40. The maximum Gasteiger partial charge on any atom is 0.241 e. The summed E-state index contributed by atoms with van der Waals surface area (Å²) in [7, 11) is 1.86. The summed E-state index contributed by atoms with van der Waals surface area (Å²) in [6.07, 6.45) is 0. The molecule has 1 aliphatic heterocycles. The first-order valence-electron chi connectivity index (χ1n) is 6.98. The molecule has 2 rings (SSSR count). The van der Waals surface area contributed by atoms with Crippen molar-refractivity contribution in [1.29, 1.82) is 0 Å². The van der Waals surface area contributed by atoms with Crippen LogP contribution in [0.1, 0.15) is 19.4 Å². The van der Waals surface area contributed by atoms with Gasteiger partial charge in [0, 0.05) is 42.9 Å². The van der Waals surface area contributed by atoms with Gasteiger partial charge in [-0.25, -0.2) is 0 Å². The zero-order valence-electron chi connectivity index (χ0n) is 12.3. The van der Waals surface area contributed by atoms with E-state index in [1.807, 2.05) is 7.05 Å². The van der Waals surface area contributed by atoms with Gasteiger partial charge in [0.1, 0.15) is 0 Å². The van der Waals surface area contributed by atoms with Crippen LogP contribution in [-0.4, -0.2) is 43.5 Å². The number of nitrogens with one attached hydrogen (secondary N) is 1. The number of likely N-dealkylation sites (N-methyl/N-ethyl adjacent to an activating group) is 1. The van der Waals surface area contributed by atoms with Crippen LogP contribution in [0.5, 0.6) is 0 Å². The van der Waals surface area contributed by atoms with E-state index in [0.717, 1.165) is 29.8 Å². The molecule has 1 N–H and O–H groups in total. The van der Waals surface area contributed by atoms with Crippen LogP contribution in [0, 0.1) is 0 Å². The third kappa shape index (κ3) is 3.73. The fraction of sp³-hybridized carbons (Fsp3) is 0.533. The molecule has 0 saturated carbocycles. The van der Waals surface area contributed by atoms with E-state index in [-0.39, 0.29) is 5.91 Å². The first-order valence-corrected chi connectivity index (χ1v) is 7.77. The number of hydrogen-bond donors (Lipinski definition) is 1. The minimum Gasteiger partial charge on any atom is -0.360 e. The number of carbonyl (C=O) groups excluding carboxylic acids is 1. The summed E-state index contributed by atoms with van der Waals surface area (Å²) >= 11 is 3.53. The molecule has 5 heteroatoms. The van der Waals surface area contributed by atoms with E-state index >= 15 is 0 Å². The first-order chi connectivity index (χ1) is 9.47. The third-order valence-electron chi connectivity index (χ3n) is 3.55. The zero-order valence-corrected chi connectivity index (χ0v) is 13.9. The second-order valence-corrected chi connectivity index (χ2v) is 6.46. The van der Waals surface area contributed by atoms with Gasteiger partial charge in [-0.2, -0.15) is 0 Å². The molecular formula is C15H22BrN3O. The maximum absolute atomic E-state index is 11.9. The predicted octanol–water partition coefficient (Wildman–Crippen LogP) is 2.23. The van der Waals surface area contributed by atoms with Gasteiger partial charge in [0.2, 0.25) is 5.91 Å². The van der Waals surface area contributed by atoms with Crippen molar-refractivity contribution >= 4 is 27.5 Å². The van der Waals surface area contributed by atoms with Crippen molar-refractivity contribution in [2.45, 2.75) is 26.4 Å². The topological polar surface area (TPSA) is 35.6 Å². The molecule has 1 amide bonds. The van der Waals surface area contributed by atoms with Gasteiger partial charge >= 0.3 is 0 Å². The molecule has 110 valence electrons. The molecular weight excluding hydrogens is 318 g/mol. The quantitative estimate of drug-likeness (QED) is 0.913. The molecule has 1 heterocycles. The van der Waals surface area contributed by atoms with Gasteiger partial charge in [0.25, 0.3) is 0 Å². The lowest BCUT2D eigenvalue weighted by Gasteiger charge is -2.35. The number of rotatable bonds is 4. The number of hydrogen-bond acceptors (Lipinski definition) is 3. The third-order valence-corrected chi connectivity index (χ3v) is 4.04. The van der Waals surface area contributed by atoms with Crippen molar-refractivity contribution in [2.75, 3.05) is 31.6 Å². The Kier molecular flexibility index (Phi) is 5.05. The minimum absolute atomic E-state index is 0.180. The lowest BCUT2D eigenvalue weighted by atomic mass is 10.1. The molecule has 1 fully saturated rings. The van der Waals surface area contributed by atoms with Gasteiger partial charge in [0.15, 0.2) is 0 Å². The van der Waals surface area contributed by atoms with Gasteiger partial charge in [0.05, 0.1) is 6.54 Å². The van der Waals surface area contributed by atoms with Crippen LogP contribution in [0.15, 0.2) is 22.7 Å². The van der Waals surface area contributed by atoms with E-state index < -0.39 is 0 Å². The van der Waals surface area contributed by atoms with Gasteiger partial charge in [-0.3, -0.25) is 4.79 Å². The lowest BCUT2D eigenvalue weighted by molar-refractivity contribution is -0.129. The van der Waals surface area contributed by atoms with E-state index in [9.17, 15) is 4.79 Å². The molecule has 0 bridgehead atoms. The Morgan fingerprint density at radius 1 is 1.35 bits per heavy atom. The first kappa shape index (κ1) is 15.3. The molecule has 0 aliphatic carbocycles. The summed E-state index contributed by atoms with van der Waals surface area (Å²) in [5.74, 6) is 0.180. The summed E-state index contributed by atoms with van der Waals surface area (Å²) in [6, 6.07) is 6.73. The monoisotopic (exact) mass is 339 g/mol. The van der Waals surface area contributed by atoms with Gasteiger partial charge < -0.3 is 15.1 Å². The SMILES string of the molecule is CC(C)NCc1ccc(Br)cc1N1CCN(C)C(=O)C1. The van der Waals surface area contributed by atoms with Crippen LogP contribution in [0.25, 0.3) is 0 Å². The molecule has 1 aliphatic rings. The van der Waals surface area contributed by atoms with E-state index in [1.165, 1.54) is 5.56 Å². The van der Waals surface area contributed by atoms with E-state index in [0.29, 0.717) is 12.6 Å². The highest BCUT2D eigenvalue weighted by Crippen LogP contribution is 2.26. The standard InChI is InChI=1S/C15H22BrN3O/c1-11(2)17-9-12-4-5-13(16)8-14(12)19-7-6-18(3)15(20)10-19/h4-5,8,11,17H,6-7,9-10H2,1-3H3. The predicted molar refractivity (Wildman–Crippen MR) is 86.0 cm³/mol. The normalized spacial score (nSPS) is 16.1. The molecule has 0 aromatic heterocycles. The van der Waals surface area contributed by atoms with Crippen LogP contribution in [0.2, 0.25) is 0 Å². The molecule has 4 nitrogen and oxygen atoms in total. The average molecular weight is 340 g/mol. The second kappa shape index (κ2) is 6.59. The smallest absolute Gasteiger partial charge is 0.241 e. The molecule has 0 atom stereocenters. The summed E-state index contributed by atoms with van der Waals surface area (Å²) in [5, 5.41) is 3.44. The van der Waals surface area contributed by atoms with Crippen molar-refractivity contribution in [2.24, 2.45) is 0 Å². The highest BCUT2D eigenvalue weighted by molar-refractivity contribution is 9.10. The van der Waals surface area contributed by atoms with E-state index in [2.05, 4.69) is 58.2 Å². The Bertz CT molecular complexity index is 490. The number of anilines is 1. The lowest BCUT2D eigenvalue weighted by Crippen LogP contribution is -2.49. The van der Waals surface area contributed by atoms with Crippen molar-refractivity contribution in [3.05, 3.63) is 28.2 Å². The molecule has 1 aromatic carbocycles. The molecule has 20 heavy (non-hydrogen) atoms. The van der Waals surface area contributed by atoms with E-state index in [4.69, 9.17) is 0 Å². The van der Waals surface area contributed by atoms with Crippen molar-refractivity contribution in [3.8, 4) is 0 Å². The highest BCUT2D eigenvalue weighted by Gasteiger charge is 2.22. The van der Waals surface area contributed by atoms with Gasteiger partial charge in [-0.05, 0) is 17.7 Å². The van der Waals surface area contributed by atoms with Crippen LogP contribution < -0.4 is 10.2 Å². The maximum atomic E-state index is 11.9. The molecule has 0 spiro atoms. The summed E-state index contributed by atoms with van der Waals surface area (Å²) < 4.78 is 1.05. The Morgan fingerprint density at radius 2 is 2.10 bits per heavy atom. The molecule has 1 saturated heterocycles. The summed E-state index contributed by atoms with van der Waals surface area (Å²) in [6.45, 7) is 7.22. The van der Waals surface area contributed by atoms with Gasteiger partial charge in [-0.1, -0.05) is 35.8 Å². The van der Waals surface area contributed by atoms with Crippen LogP contribution in [-0.2, 0) is 11.3 Å². The second-order valence-electron chi connectivity index (χ2n) is 5.55. The van der Waals surface area contributed by atoms with Crippen LogP contribution >= 0.6 is 15.9 Å². The Labute approximate surface area is 129 Å². The highest BCUT2D eigenvalue weighted by atomic mass is 79.9. The summed E-state index contributed by atoms with van der Waals surface area (Å²) in [4.78, 5) is 15.9. The Hall–Kier alpha value is -1.07. The molecule has 1 aromatic rings. The number of piperazine rings is 1. The van der Waals surface area contributed by atoms with Crippen molar-refractivity contribution in [3.63, 3.8) is 0 Å². The van der Waals surface area contributed by atoms with E-state index in [1.54, 1.807) is 4.90 Å².